The highest BCUT2D eigenvalue weighted by Gasteiger charge is 2.35. The van der Waals surface area contributed by atoms with Gasteiger partial charge in [0.15, 0.2) is 0 Å². The molecule has 0 radical (unpaired) electrons. The number of carbonyl (C=O) groups excluding carboxylic acids is 1. The van der Waals surface area contributed by atoms with E-state index in [1.807, 2.05) is 25.1 Å². The Morgan fingerprint density at radius 3 is 2.25 bits per heavy atom. The van der Waals surface area contributed by atoms with Crippen molar-refractivity contribution in [1.29, 1.82) is 0 Å². The van der Waals surface area contributed by atoms with Crippen LogP contribution in [0, 0.1) is 0 Å². The Bertz CT molecular complexity index is 1330. The predicted octanol–water partition coefficient (Wildman–Crippen LogP) is 7.76. The van der Waals surface area contributed by atoms with Crippen molar-refractivity contribution in [2.24, 2.45) is 0 Å². The van der Waals surface area contributed by atoms with Crippen LogP contribution in [-0.4, -0.2) is 30.1 Å². The van der Waals surface area contributed by atoms with Crippen molar-refractivity contribution in [2.45, 2.75) is 51.7 Å². The number of hydrogen-bond acceptors (Lipinski definition) is 3. The topological polar surface area (TPSA) is 35.6 Å². The van der Waals surface area contributed by atoms with Crippen LogP contribution in [0.25, 0.3) is 0 Å². The van der Waals surface area contributed by atoms with Gasteiger partial charge in [-0.3, -0.25) is 4.79 Å². The number of benzene rings is 2. The lowest BCUT2D eigenvalue weighted by atomic mass is 9.89. The van der Waals surface area contributed by atoms with E-state index in [4.69, 9.17) is 0 Å². The zero-order chi connectivity index (χ0) is 28.9. The van der Waals surface area contributed by atoms with E-state index in [1.165, 1.54) is 16.5 Å². The van der Waals surface area contributed by atoms with Gasteiger partial charge in [0.05, 0.1) is 5.57 Å². The van der Waals surface area contributed by atoms with Crippen LogP contribution in [0.1, 0.15) is 50.2 Å². The maximum absolute atomic E-state index is 13.5. The number of rotatable bonds is 8. The van der Waals surface area contributed by atoms with Crippen LogP contribution >= 0.6 is 0 Å². The lowest BCUT2D eigenvalue weighted by molar-refractivity contribution is -0.119. The summed E-state index contributed by atoms with van der Waals surface area (Å²) in [5.41, 5.74) is 4.12. The summed E-state index contributed by atoms with van der Waals surface area (Å²) in [5, 5.41) is 2.89. The molecule has 4 nitrogen and oxygen atoms in total. The summed E-state index contributed by atoms with van der Waals surface area (Å²) < 4.78 is 40.4. The molecule has 2 aliphatic heterocycles. The van der Waals surface area contributed by atoms with E-state index in [-0.39, 0.29) is 17.9 Å². The molecule has 0 spiro atoms. The van der Waals surface area contributed by atoms with Gasteiger partial charge in [-0.2, -0.15) is 13.2 Å². The van der Waals surface area contributed by atoms with E-state index >= 15 is 0 Å². The Hall–Kier alpha value is -4.00. The van der Waals surface area contributed by atoms with Gasteiger partial charge in [0.2, 0.25) is 0 Å². The molecule has 7 heteroatoms. The van der Waals surface area contributed by atoms with Gasteiger partial charge in [-0.1, -0.05) is 68.1 Å². The third-order valence-corrected chi connectivity index (χ3v) is 7.49. The molecule has 0 aliphatic carbocycles. The highest BCUT2D eigenvalue weighted by Crippen LogP contribution is 2.34. The molecule has 40 heavy (non-hydrogen) atoms. The summed E-state index contributed by atoms with van der Waals surface area (Å²) in [5.74, 6) is 0.0936. The van der Waals surface area contributed by atoms with E-state index in [1.54, 1.807) is 6.92 Å². The second-order valence-corrected chi connectivity index (χ2v) is 10.3. The molecule has 2 aromatic rings. The maximum atomic E-state index is 13.5. The first-order valence-corrected chi connectivity index (χ1v) is 13.6. The minimum Gasteiger partial charge on any atom is -0.371 e. The Balaban J connectivity index is 1.44. The third kappa shape index (κ3) is 6.76. The number of anilines is 1. The SMILES string of the molecule is C=C(C)/C(CC)=C(/C(=O)NCc1ccc(N2CCC(c3ccccc3)CC2)cc1)N1C=C(C(F)(F)F)C=CC1=C. The van der Waals surface area contributed by atoms with Crippen molar-refractivity contribution < 1.29 is 18.0 Å². The molecule has 0 atom stereocenters. The second kappa shape index (κ2) is 12.5. The van der Waals surface area contributed by atoms with E-state index in [2.05, 4.69) is 59.8 Å². The van der Waals surface area contributed by atoms with Crippen molar-refractivity contribution in [3.8, 4) is 0 Å². The third-order valence-electron chi connectivity index (χ3n) is 7.49. The summed E-state index contributed by atoms with van der Waals surface area (Å²) >= 11 is 0. The highest BCUT2D eigenvalue weighted by molar-refractivity contribution is 5.95. The van der Waals surface area contributed by atoms with Crippen LogP contribution in [0.5, 0.6) is 0 Å². The first kappa shape index (κ1) is 29.0. The number of hydrogen-bond donors (Lipinski definition) is 1. The molecule has 2 aliphatic rings. The minimum atomic E-state index is -4.55. The van der Waals surface area contributed by atoms with Gasteiger partial charge in [0, 0.05) is 37.2 Å². The standard InChI is InChI=1S/C33H36F3N3O/c1-5-30(23(2)3)31(39-22-28(33(34,35)36)14-11-24(39)4)32(40)37-21-25-12-15-29(16-13-25)38-19-17-27(18-20-38)26-9-7-6-8-10-26/h6-16,22,27H,2,4-5,17-21H2,1,3H3,(H,37,40)/b31-30-. The number of amides is 1. The molecule has 2 aromatic carbocycles. The number of alkyl halides is 3. The number of nitrogens with zero attached hydrogens (tertiary/aromatic N) is 2. The average Bonchev–Trinajstić information content (AvgIpc) is 2.95. The van der Waals surface area contributed by atoms with E-state index in [9.17, 15) is 18.0 Å². The first-order chi connectivity index (χ1) is 19.1. The molecule has 0 bridgehead atoms. The Labute approximate surface area is 234 Å². The van der Waals surface area contributed by atoms with Crippen LogP contribution in [0.15, 0.2) is 114 Å². The number of allylic oxidation sites excluding steroid dienone is 5. The Morgan fingerprint density at radius 2 is 1.68 bits per heavy atom. The lowest BCUT2D eigenvalue weighted by Crippen LogP contribution is -2.34. The van der Waals surface area contributed by atoms with E-state index < -0.39 is 17.7 Å². The summed E-state index contributed by atoms with van der Waals surface area (Å²) in [6.45, 7) is 13.6. The first-order valence-electron chi connectivity index (χ1n) is 13.6. The zero-order valence-electron chi connectivity index (χ0n) is 23.1. The van der Waals surface area contributed by atoms with Crippen LogP contribution < -0.4 is 10.2 Å². The fourth-order valence-corrected chi connectivity index (χ4v) is 5.26. The molecule has 210 valence electrons. The van der Waals surface area contributed by atoms with Crippen LogP contribution in [0.2, 0.25) is 0 Å². The molecular weight excluding hydrogens is 511 g/mol. The monoisotopic (exact) mass is 547 g/mol. The van der Waals surface area contributed by atoms with Crippen molar-refractivity contribution in [1.82, 2.24) is 10.2 Å². The van der Waals surface area contributed by atoms with Crippen molar-refractivity contribution in [3.05, 3.63) is 125 Å². The predicted molar refractivity (Wildman–Crippen MR) is 155 cm³/mol. The van der Waals surface area contributed by atoms with Crippen molar-refractivity contribution in [2.75, 3.05) is 18.0 Å². The van der Waals surface area contributed by atoms with Gasteiger partial charge >= 0.3 is 6.18 Å². The number of carbonyl (C=O) groups is 1. The Kier molecular flexibility index (Phi) is 9.03. The summed E-state index contributed by atoms with van der Waals surface area (Å²) in [7, 11) is 0. The van der Waals surface area contributed by atoms with Gasteiger partial charge < -0.3 is 15.1 Å². The molecule has 4 rings (SSSR count). The molecule has 1 saturated heterocycles. The number of piperidine rings is 1. The molecule has 1 fully saturated rings. The van der Waals surface area contributed by atoms with Gasteiger partial charge in [-0.05, 0) is 73.1 Å². The molecule has 1 amide bonds. The van der Waals surface area contributed by atoms with Gasteiger partial charge in [0.25, 0.3) is 5.91 Å². The summed E-state index contributed by atoms with van der Waals surface area (Å²) in [4.78, 5) is 17.0. The minimum absolute atomic E-state index is 0.101. The summed E-state index contributed by atoms with van der Waals surface area (Å²) in [6.07, 6.45) is 1.23. The molecule has 0 aromatic heterocycles. The average molecular weight is 548 g/mol. The van der Waals surface area contributed by atoms with Crippen LogP contribution in [0.4, 0.5) is 18.9 Å². The number of nitrogens with one attached hydrogen (secondary N) is 1. The van der Waals surface area contributed by atoms with Gasteiger partial charge in [0.1, 0.15) is 5.70 Å². The normalized spacial score (nSPS) is 16.9. The van der Waals surface area contributed by atoms with Crippen molar-refractivity contribution >= 4 is 11.6 Å². The fraction of sp³-hybridized carbons (Fsp3) is 0.303. The molecule has 2 heterocycles. The van der Waals surface area contributed by atoms with Gasteiger partial charge in [-0.15, -0.1) is 0 Å². The van der Waals surface area contributed by atoms with Crippen molar-refractivity contribution in [3.63, 3.8) is 0 Å². The Morgan fingerprint density at radius 1 is 1.02 bits per heavy atom. The molecule has 0 unspecified atom stereocenters. The van der Waals surface area contributed by atoms with E-state index in [0.29, 0.717) is 23.5 Å². The fourth-order valence-electron chi connectivity index (χ4n) is 5.26. The zero-order valence-corrected chi connectivity index (χ0v) is 23.1. The lowest BCUT2D eigenvalue weighted by Gasteiger charge is -2.34. The molecule has 0 saturated carbocycles. The summed E-state index contributed by atoms with van der Waals surface area (Å²) in [6, 6.07) is 18.7. The van der Waals surface area contributed by atoms with E-state index in [0.717, 1.165) is 49.5 Å². The molecular formula is C33H36F3N3O. The number of halogens is 3. The smallest absolute Gasteiger partial charge is 0.371 e. The quantitative estimate of drug-likeness (QED) is 0.271. The highest BCUT2D eigenvalue weighted by atomic mass is 19.4. The second-order valence-electron chi connectivity index (χ2n) is 10.3. The molecule has 1 N–H and O–H groups in total. The largest absolute Gasteiger partial charge is 0.417 e. The van der Waals surface area contributed by atoms with Crippen LogP contribution in [-0.2, 0) is 11.3 Å². The maximum Gasteiger partial charge on any atom is 0.417 e. The van der Waals surface area contributed by atoms with Crippen LogP contribution in [0.3, 0.4) is 0 Å². The van der Waals surface area contributed by atoms with Gasteiger partial charge in [-0.25, -0.2) is 0 Å².